The third-order valence-corrected chi connectivity index (χ3v) is 6.08. The van der Waals surface area contributed by atoms with Gasteiger partial charge in [0.15, 0.2) is 17.6 Å². The first-order valence-corrected chi connectivity index (χ1v) is 10.1. The quantitative estimate of drug-likeness (QED) is 0.598. The number of ether oxygens (including phenoxy) is 1. The first kappa shape index (κ1) is 18.9. The number of aryl methyl sites for hydroxylation is 1. The number of hydrogen-bond donors (Lipinski definition) is 0. The molecule has 1 heterocycles. The normalized spacial score (nSPS) is 23.5. The van der Waals surface area contributed by atoms with Gasteiger partial charge in [0.05, 0.1) is 7.05 Å². The summed E-state index contributed by atoms with van der Waals surface area (Å²) in [6.45, 7) is 9.19. The molecule has 1 aliphatic rings. The summed E-state index contributed by atoms with van der Waals surface area (Å²) in [6.07, 6.45) is 4.35. The van der Waals surface area contributed by atoms with Gasteiger partial charge in [0.2, 0.25) is 0 Å². The summed E-state index contributed by atoms with van der Waals surface area (Å²) in [4.78, 5) is 12.8. The van der Waals surface area contributed by atoms with E-state index in [9.17, 15) is 4.79 Å². The van der Waals surface area contributed by atoms with Crippen molar-refractivity contribution in [2.75, 3.05) is 0 Å². The Hall–Kier alpha value is -1.84. The van der Waals surface area contributed by atoms with Crippen LogP contribution in [0.15, 0.2) is 24.3 Å². The van der Waals surface area contributed by atoms with Crippen molar-refractivity contribution < 1.29 is 14.1 Å². The number of benzene rings is 1. The van der Waals surface area contributed by atoms with Gasteiger partial charge >= 0.3 is 5.97 Å². The number of aromatic nitrogens is 2. The predicted octanol–water partition coefficient (Wildman–Crippen LogP) is 4.03. The molecule has 142 valence electrons. The molecule has 1 aromatic carbocycles. The van der Waals surface area contributed by atoms with Crippen molar-refractivity contribution in [2.24, 2.45) is 24.8 Å². The van der Waals surface area contributed by atoms with Crippen LogP contribution < -0.4 is 4.57 Å². The highest BCUT2D eigenvalue weighted by atomic mass is 16.5. The zero-order chi connectivity index (χ0) is 18.8. The van der Waals surface area contributed by atoms with E-state index >= 15 is 0 Å². The number of imidazole rings is 1. The third-order valence-electron chi connectivity index (χ3n) is 6.08. The van der Waals surface area contributed by atoms with Crippen LogP contribution in [-0.2, 0) is 29.5 Å². The minimum atomic E-state index is -0.106. The molecule has 1 aromatic heterocycles. The molecule has 0 spiro atoms. The van der Waals surface area contributed by atoms with E-state index in [2.05, 4.69) is 56.0 Å². The Labute approximate surface area is 157 Å². The molecule has 26 heavy (non-hydrogen) atoms. The van der Waals surface area contributed by atoms with Gasteiger partial charge in [0, 0.05) is 6.42 Å². The number of fused-ring (bicyclic) bond motifs is 1. The molecule has 0 saturated heterocycles. The molecule has 2 aromatic rings. The summed E-state index contributed by atoms with van der Waals surface area (Å²) in [5, 5.41) is 0. The first-order valence-electron chi connectivity index (χ1n) is 10.1. The maximum Gasteiger partial charge on any atom is 0.348 e. The molecule has 0 aliphatic heterocycles. The van der Waals surface area contributed by atoms with Crippen LogP contribution in [0.4, 0.5) is 0 Å². The summed E-state index contributed by atoms with van der Waals surface area (Å²) in [5.74, 6) is 2.72. The Bertz CT molecular complexity index is 778. The van der Waals surface area contributed by atoms with Crippen LogP contribution in [-0.4, -0.2) is 16.6 Å². The molecule has 4 nitrogen and oxygen atoms in total. The van der Waals surface area contributed by atoms with Crippen molar-refractivity contribution in [1.29, 1.82) is 0 Å². The maximum atomic E-state index is 12.8. The van der Waals surface area contributed by atoms with E-state index < -0.39 is 0 Å². The van der Waals surface area contributed by atoms with Crippen LogP contribution in [0.3, 0.4) is 0 Å². The Morgan fingerprint density at radius 1 is 1.31 bits per heavy atom. The van der Waals surface area contributed by atoms with Crippen LogP contribution in [0.25, 0.3) is 11.0 Å². The third kappa shape index (κ3) is 3.65. The van der Waals surface area contributed by atoms with Crippen molar-refractivity contribution in [3.05, 3.63) is 30.1 Å². The summed E-state index contributed by atoms with van der Waals surface area (Å²) in [6, 6.07) is 8.26. The van der Waals surface area contributed by atoms with E-state index in [0.29, 0.717) is 24.3 Å². The molecule has 0 unspecified atom stereocenters. The molecule has 1 saturated carbocycles. The van der Waals surface area contributed by atoms with Crippen LogP contribution >= 0.6 is 0 Å². The molecule has 3 rings (SSSR count). The fourth-order valence-electron chi connectivity index (χ4n) is 4.63. The Morgan fingerprint density at radius 3 is 2.73 bits per heavy atom. The lowest BCUT2D eigenvalue weighted by atomic mass is 9.75. The van der Waals surface area contributed by atoms with Crippen molar-refractivity contribution in [1.82, 2.24) is 4.57 Å². The van der Waals surface area contributed by atoms with E-state index in [0.717, 1.165) is 29.7 Å². The van der Waals surface area contributed by atoms with Gasteiger partial charge in [-0.05, 0) is 42.7 Å². The highest BCUT2D eigenvalue weighted by Crippen LogP contribution is 2.35. The molecule has 0 bridgehead atoms. The summed E-state index contributed by atoms with van der Waals surface area (Å²) in [5.41, 5.74) is 2.25. The average Bonchev–Trinajstić information content (AvgIpc) is 2.86. The predicted molar refractivity (Wildman–Crippen MR) is 104 cm³/mol. The minimum Gasteiger partial charge on any atom is -0.459 e. The smallest absolute Gasteiger partial charge is 0.348 e. The monoisotopic (exact) mass is 357 g/mol. The molecule has 1 fully saturated rings. The largest absolute Gasteiger partial charge is 0.459 e. The molecule has 0 amide bonds. The van der Waals surface area contributed by atoms with Crippen LogP contribution in [0.1, 0.15) is 52.8 Å². The summed E-state index contributed by atoms with van der Waals surface area (Å²) < 4.78 is 10.3. The Balaban J connectivity index is 1.81. The number of nitrogens with zero attached hydrogens (tertiary/aromatic N) is 2. The second-order valence-corrected chi connectivity index (χ2v) is 8.26. The average molecular weight is 358 g/mol. The molecule has 0 radical (unpaired) electrons. The minimum absolute atomic E-state index is 0.0619. The number of esters is 1. The van der Waals surface area contributed by atoms with Crippen molar-refractivity contribution >= 4 is 17.0 Å². The zero-order valence-corrected chi connectivity index (χ0v) is 16.9. The van der Waals surface area contributed by atoms with Crippen molar-refractivity contribution in [3.63, 3.8) is 0 Å². The molecule has 3 atom stereocenters. The summed E-state index contributed by atoms with van der Waals surface area (Å²) >= 11 is 0. The lowest BCUT2D eigenvalue weighted by molar-refractivity contribution is -0.653. The fourth-order valence-corrected chi connectivity index (χ4v) is 4.63. The van der Waals surface area contributed by atoms with Crippen LogP contribution in [0.5, 0.6) is 0 Å². The Kier molecular flexibility index (Phi) is 5.69. The Morgan fingerprint density at radius 2 is 2.04 bits per heavy atom. The molecule has 0 N–H and O–H groups in total. The number of carbonyl (C=O) groups is 1. The molecular formula is C22H33N2O2+. The van der Waals surface area contributed by atoms with Gasteiger partial charge in [-0.25, -0.2) is 13.9 Å². The van der Waals surface area contributed by atoms with Crippen molar-refractivity contribution in [2.45, 2.75) is 66.0 Å². The maximum absolute atomic E-state index is 12.8. The van der Waals surface area contributed by atoms with E-state index in [-0.39, 0.29) is 12.1 Å². The van der Waals surface area contributed by atoms with Gasteiger partial charge in [-0.1, -0.05) is 46.2 Å². The molecule has 1 aliphatic carbocycles. The zero-order valence-electron chi connectivity index (χ0n) is 16.9. The first-order chi connectivity index (χ1) is 12.4. The van der Waals surface area contributed by atoms with Crippen molar-refractivity contribution in [3.8, 4) is 0 Å². The number of carbonyl (C=O) groups excluding carboxylic acids is 1. The topological polar surface area (TPSA) is 35.1 Å². The SMILES string of the molecule is CCc1n(CC(=O)O[C@@H]2C[C@@H](C)CC[C@@H]2C(C)C)c2ccccc2[n+]1C. The second-order valence-electron chi connectivity index (χ2n) is 8.26. The fraction of sp³-hybridized carbons (Fsp3) is 0.636. The van der Waals surface area contributed by atoms with Gasteiger partial charge in [-0.15, -0.1) is 0 Å². The van der Waals surface area contributed by atoms with Gasteiger partial charge in [-0.3, -0.25) is 0 Å². The lowest BCUT2D eigenvalue weighted by Gasteiger charge is -2.36. The van der Waals surface area contributed by atoms with E-state index in [1.807, 2.05) is 12.1 Å². The van der Waals surface area contributed by atoms with Gasteiger partial charge in [-0.2, -0.15) is 0 Å². The number of rotatable bonds is 5. The molecule has 4 heteroatoms. The molecular weight excluding hydrogens is 324 g/mol. The van der Waals surface area contributed by atoms with Gasteiger partial charge in [0.25, 0.3) is 5.82 Å². The highest BCUT2D eigenvalue weighted by Gasteiger charge is 2.34. The van der Waals surface area contributed by atoms with E-state index in [1.54, 1.807) is 0 Å². The standard InChI is InChI=1S/C22H33N2O2/c1-6-21-23(5)18-9-7-8-10-19(18)24(21)14-22(25)26-20-13-16(4)11-12-17(20)15(2)3/h7-10,15-17,20H,6,11-14H2,1-5H3/q+1/t16-,17+,20+/m0/s1. The van der Waals surface area contributed by atoms with Gasteiger partial charge in [0.1, 0.15) is 6.10 Å². The van der Waals surface area contributed by atoms with E-state index in [4.69, 9.17) is 4.74 Å². The number of para-hydroxylation sites is 2. The van der Waals surface area contributed by atoms with Gasteiger partial charge < -0.3 is 4.74 Å². The van der Waals surface area contributed by atoms with E-state index in [1.165, 1.54) is 12.8 Å². The van der Waals surface area contributed by atoms with Crippen LogP contribution in [0, 0.1) is 17.8 Å². The van der Waals surface area contributed by atoms with Crippen LogP contribution in [0.2, 0.25) is 0 Å². The highest BCUT2D eigenvalue weighted by molar-refractivity contribution is 5.76. The number of hydrogen-bond acceptors (Lipinski definition) is 2. The summed E-state index contributed by atoms with van der Waals surface area (Å²) in [7, 11) is 2.07. The second kappa shape index (κ2) is 7.81. The lowest BCUT2D eigenvalue weighted by Crippen LogP contribution is -2.37.